The van der Waals surface area contributed by atoms with Crippen LogP contribution < -0.4 is 5.73 Å². The number of benzene rings is 1. The molecule has 104 valence electrons. The van der Waals surface area contributed by atoms with Gasteiger partial charge in [0.1, 0.15) is 0 Å². The van der Waals surface area contributed by atoms with Crippen LogP contribution in [-0.4, -0.2) is 43.2 Å². The lowest BCUT2D eigenvalue weighted by atomic mass is 9.95. The van der Waals surface area contributed by atoms with Gasteiger partial charge in [-0.2, -0.15) is 0 Å². The molecule has 1 aromatic rings. The molecule has 0 saturated carbocycles. The highest BCUT2D eigenvalue weighted by molar-refractivity contribution is 5.76. The molecule has 1 aliphatic heterocycles. The van der Waals surface area contributed by atoms with E-state index in [2.05, 4.69) is 12.1 Å². The van der Waals surface area contributed by atoms with E-state index in [0.717, 1.165) is 6.54 Å². The third kappa shape index (κ3) is 3.55. The van der Waals surface area contributed by atoms with Gasteiger partial charge in [-0.25, -0.2) is 0 Å². The molecule has 0 bridgehead atoms. The highest BCUT2D eigenvalue weighted by atomic mass is 16.5. The van der Waals surface area contributed by atoms with Crippen LogP contribution in [0.25, 0.3) is 0 Å². The summed E-state index contributed by atoms with van der Waals surface area (Å²) in [6.07, 6.45) is 0.446. The minimum atomic E-state index is 0.0263. The Balaban J connectivity index is 1.92. The van der Waals surface area contributed by atoms with Crippen LogP contribution in [0, 0.1) is 0 Å². The fourth-order valence-electron chi connectivity index (χ4n) is 2.55. The molecule has 2 rings (SSSR count). The number of carbonyl (C=O) groups excluding carboxylic acids is 1. The largest absolute Gasteiger partial charge is 0.381 e. The quantitative estimate of drug-likeness (QED) is 0.815. The Bertz CT molecular complexity index is 408. The summed E-state index contributed by atoms with van der Waals surface area (Å²) in [7, 11) is 0. The smallest absolute Gasteiger partial charge is 0.224 e. The first-order valence-corrected chi connectivity index (χ1v) is 6.88. The van der Waals surface area contributed by atoms with Crippen LogP contribution in [0.3, 0.4) is 0 Å². The summed E-state index contributed by atoms with van der Waals surface area (Å²) in [4.78, 5) is 13.9. The minimum Gasteiger partial charge on any atom is -0.381 e. The van der Waals surface area contributed by atoms with Crippen LogP contribution >= 0.6 is 0 Å². The van der Waals surface area contributed by atoms with E-state index in [0.29, 0.717) is 26.2 Å². The lowest BCUT2D eigenvalue weighted by molar-refractivity contribution is -0.131. The number of nitrogens with zero attached hydrogens (tertiary/aromatic N) is 1. The standard InChI is InChI=1S/C15H22N2O2/c1-2-19-9-8-15(18)17-10-13(14(16)11-17)12-6-4-3-5-7-12/h3-7,13-14H,2,8-11,16H2,1H3/t13-,14+/m0/s1. The molecule has 4 heteroatoms. The van der Waals surface area contributed by atoms with E-state index >= 15 is 0 Å². The van der Waals surface area contributed by atoms with E-state index < -0.39 is 0 Å². The lowest BCUT2D eigenvalue weighted by Crippen LogP contribution is -2.32. The molecule has 0 unspecified atom stereocenters. The van der Waals surface area contributed by atoms with Crippen molar-refractivity contribution in [1.29, 1.82) is 0 Å². The van der Waals surface area contributed by atoms with Gasteiger partial charge in [0, 0.05) is 31.7 Å². The van der Waals surface area contributed by atoms with Crippen molar-refractivity contribution >= 4 is 5.91 Å². The van der Waals surface area contributed by atoms with Gasteiger partial charge >= 0.3 is 0 Å². The van der Waals surface area contributed by atoms with Gasteiger partial charge in [-0.05, 0) is 12.5 Å². The van der Waals surface area contributed by atoms with Crippen LogP contribution in [-0.2, 0) is 9.53 Å². The fourth-order valence-corrected chi connectivity index (χ4v) is 2.55. The lowest BCUT2D eigenvalue weighted by Gasteiger charge is -2.16. The molecule has 19 heavy (non-hydrogen) atoms. The number of hydrogen-bond acceptors (Lipinski definition) is 3. The molecule has 2 N–H and O–H groups in total. The molecule has 0 aromatic heterocycles. The predicted molar refractivity (Wildman–Crippen MR) is 74.8 cm³/mol. The van der Waals surface area contributed by atoms with Gasteiger partial charge in [0.15, 0.2) is 0 Å². The molecule has 0 radical (unpaired) electrons. The zero-order valence-electron chi connectivity index (χ0n) is 11.4. The average molecular weight is 262 g/mol. The summed E-state index contributed by atoms with van der Waals surface area (Å²) >= 11 is 0. The Labute approximate surface area is 114 Å². The van der Waals surface area contributed by atoms with Crippen molar-refractivity contribution in [3.05, 3.63) is 35.9 Å². The zero-order valence-corrected chi connectivity index (χ0v) is 11.4. The summed E-state index contributed by atoms with van der Waals surface area (Å²) in [6, 6.07) is 10.2. The van der Waals surface area contributed by atoms with Crippen LogP contribution in [0.4, 0.5) is 0 Å². The molecule has 4 nitrogen and oxygen atoms in total. The second-order valence-electron chi connectivity index (χ2n) is 4.93. The first-order valence-electron chi connectivity index (χ1n) is 6.88. The van der Waals surface area contributed by atoms with E-state index in [1.807, 2.05) is 30.0 Å². The van der Waals surface area contributed by atoms with Crippen LogP contribution in [0.5, 0.6) is 0 Å². The Morgan fingerprint density at radius 2 is 2.11 bits per heavy atom. The third-order valence-electron chi connectivity index (χ3n) is 3.61. The van der Waals surface area contributed by atoms with Crippen LogP contribution in [0.2, 0.25) is 0 Å². The molecule has 1 saturated heterocycles. The summed E-state index contributed by atoms with van der Waals surface area (Å²) in [5.41, 5.74) is 7.39. The van der Waals surface area contributed by atoms with Gasteiger partial charge < -0.3 is 15.4 Å². The van der Waals surface area contributed by atoms with Gasteiger partial charge in [-0.1, -0.05) is 30.3 Å². The van der Waals surface area contributed by atoms with Gasteiger partial charge in [0.25, 0.3) is 0 Å². The van der Waals surface area contributed by atoms with Crippen molar-refractivity contribution < 1.29 is 9.53 Å². The predicted octanol–water partition coefficient (Wildman–Crippen LogP) is 1.37. The number of ether oxygens (including phenoxy) is 1. The van der Waals surface area contributed by atoms with Gasteiger partial charge in [-0.15, -0.1) is 0 Å². The molecule has 2 atom stereocenters. The van der Waals surface area contributed by atoms with Gasteiger partial charge in [0.05, 0.1) is 13.0 Å². The second kappa shape index (κ2) is 6.68. The molecule has 0 aliphatic carbocycles. The second-order valence-corrected chi connectivity index (χ2v) is 4.93. The normalized spacial score (nSPS) is 22.7. The topological polar surface area (TPSA) is 55.6 Å². The van der Waals surface area contributed by atoms with Crippen molar-refractivity contribution in [3.63, 3.8) is 0 Å². The molecule has 1 aromatic carbocycles. The minimum absolute atomic E-state index is 0.0263. The average Bonchev–Trinajstić information content (AvgIpc) is 2.82. The number of carbonyl (C=O) groups is 1. The maximum Gasteiger partial charge on any atom is 0.224 e. The number of likely N-dealkylation sites (tertiary alicyclic amines) is 1. The van der Waals surface area contributed by atoms with Gasteiger partial charge in [-0.3, -0.25) is 4.79 Å². The van der Waals surface area contributed by atoms with Crippen LogP contribution in [0.15, 0.2) is 30.3 Å². The summed E-state index contributed by atoms with van der Waals surface area (Å²) in [5, 5.41) is 0. The van der Waals surface area contributed by atoms with Gasteiger partial charge in [0.2, 0.25) is 5.91 Å². The maximum atomic E-state index is 12.0. The number of hydrogen-bond donors (Lipinski definition) is 1. The molecule has 1 heterocycles. The first kappa shape index (κ1) is 14.0. The highest BCUT2D eigenvalue weighted by Gasteiger charge is 2.33. The van der Waals surface area contributed by atoms with Crippen molar-refractivity contribution in [3.8, 4) is 0 Å². The Morgan fingerprint density at radius 1 is 1.37 bits per heavy atom. The Morgan fingerprint density at radius 3 is 2.79 bits per heavy atom. The number of rotatable bonds is 5. The molecule has 0 spiro atoms. The molecular weight excluding hydrogens is 240 g/mol. The van der Waals surface area contributed by atoms with E-state index in [4.69, 9.17) is 10.5 Å². The Hall–Kier alpha value is -1.39. The SMILES string of the molecule is CCOCCC(=O)N1C[C@@H](N)[C@H](c2ccccc2)C1. The highest BCUT2D eigenvalue weighted by Crippen LogP contribution is 2.26. The van der Waals surface area contributed by atoms with E-state index in [-0.39, 0.29) is 17.9 Å². The van der Waals surface area contributed by atoms with E-state index in [1.165, 1.54) is 5.56 Å². The van der Waals surface area contributed by atoms with Crippen molar-refractivity contribution in [2.24, 2.45) is 5.73 Å². The molecule has 1 amide bonds. The molecule has 1 aliphatic rings. The van der Waals surface area contributed by atoms with E-state index in [1.54, 1.807) is 0 Å². The molecular formula is C15H22N2O2. The summed E-state index contributed by atoms with van der Waals surface area (Å²) < 4.78 is 5.22. The van der Waals surface area contributed by atoms with E-state index in [9.17, 15) is 4.79 Å². The fraction of sp³-hybridized carbons (Fsp3) is 0.533. The van der Waals surface area contributed by atoms with Crippen molar-refractivity contribution in [2.75, 3.05) is 26.3 Å². The van der Waals surface area contributed by atoms with Crippen molar-refractivity contribution in [1.82, 2.24) is 4.90 Å². The maximum absolute atomic E-state index is 12.0. The van der Waals surface area contributed by atoms with Crippen LogP contribution in [0.1, 0.15) is 24.8 Å². The third-order valence-corrected chi connectivity index (χ3v) is 3.61. The number of amides is 1. The first-order chi connectivity index (χ1) is 9.22. The monoisotopic (exact) mass is 262 g/mol. The molecule has 1 fully saturated rings. The van der Waals surface area contributed by atoms with Crippen molar-refractivity contribution in [2.45, 2.75) is 25.3 Å². The summed E-state index contributed by atoms with van der Waals surface area (Å²) in [6.45, 7) is 4.44. The Kier molecular flexibility index (Phi) is 4.93. The summed E-state index contributed by atoms with van der Waals surface area (Å²) in [5.74, 6) is 0.388. The number of nitrogens with two attached hydrogens (primary N) is 1. The zero-order chi connectivity index (χ0) is 13.7.